The minimum atomic E-state index is -2.16. The lowest BCUT2D eigenvalue weighted by Gasteiger charge is -2.39. The number of carbonyl (C=O) groups is 2. The Balaban J connectivity index is 1.16. The lowest BCUT2D eigenvalue weighted by Crippen LogP contribution is -2.52. The van der Waals surface area contributed by atoms with Crippen molar-refractivity contribution in [2.24, 2.45) is 5.92 Å². The van der Waals surface area contributed by atoms with Crippen molar-refractivity contribution in [3.8, 4) is 11.5 Å². The van der Waals surface area contributed by atoms with Crippen molar-refractivity contribution in [2.75, 3.05) is 26.1 Å². The highest BCUT2D eigenvalue weighted by Gasteiger charge is 2.51. The molecular formula is C42H50N2O6Si. The number of aliphatic hydroxyl groups excluding tert-OH is 1. The Hall–Kier alpha value is -4.44. The summed E-state index contributed by atoms with van der Waals surface area (Å²) in [6.07, 6.45) is 2.34. The van der Waals surface area contributed by atoms with E-state index in [1.54, 1.807) is 38.5 Å². The summed E-state index contributed by atoms with van der Waals surface area (Å²) in [5, 5.41) is 14.6. The third kappa shape index (κ3) is 8.06. The van der Waals surface area contributed by atoms with Crippen LogP contribution in [0.3, 0.4) is 0 Å². The standard InChI is InChI=1S/C42H50N2O6Si/c1-28-38(23-12-29-10-15-33(16-11-29)43-42(47)30-13-17-35(48-2)18-14-30)50-39(41(28)51(4,5)37-21-19-36(49-3)20-22-37)25-40(46)44-26-32-9-7-6-8-31(32)24-34(44)27-45/h6-11,13-22,28,34,38-39,41,45H,12,23-27H2,1-5H3,(H,43,47)/t28-,34+,38+,39-,41+/m1/s1. The molecular weight excluding hydrogens is 657 g/mol. The molecule has 4 aromatic carbocycles. The SMILES string of the molecule is COc1ccc(C(=O)Nc2ccc(CC[C@@H]3O[C@H](CC(=O)N4Cc5ccccc5C[C@H]4CO)[C@@H]([Si](C)(C)c4ccc(OC)cc4)[C@@H]3C)cc2)cc1. The third-order valence-electron chi connectivity index (χ3n) is 11.1. The van der Waals surface area contributed by atoms with E-state index in [0.29, 0.717) is 30.7 Å². The molecule has 4 aromatic rings. The van der Waals surface area contributed by atoms with Gasteiger partial charge in [-0.15, -0.1) is 0 Å². The molecule has 51 heavy (non-hydrogen) atoms. The van der Waals surface area contributed by atoms with Crippen molar-refractivity contribution in [1.29, 1.82) is 0 Å². The summed E-state index contributed by atoms with van der Waals surface area (Å²) in [6.45, 7) is 7.53. The van der Waals surface area contributed by atoms with Gasteiger partial charge < -0.3 is 29.5 Å². The summed E-state index contributed by atoms with van der Waals surface area (Å²) in [5.74, 6) is 1.64. The number of nitrogens with one attached hydrogen (secondary N) is 1. The zero-order chi connectivity index (χ0) is 36.1. The van der Waals surface area contributed by atoms with Crippen LogP contribution in [-0.4, -0.2) is 69.0 Å². The molecule has 268 valence electrons. The van der Waals surface area contributed by atoms with Crippen LogP contribution in [0, 0.1) is 5.92 Å². The Morgan fingerprint density at radius 2 is 1.49 bits per heavy atom. The minimum Gasteiger partial charge on any atom is -0.497 e. The minimum absolute atomic E-state index is 0.0111. The first-order valence-corrected chi connectivity index (χ1v) is 21.0. The number of ether oxygens (including phenoxy) is 3. The second-order valence-electron chi connectivity index (χ2n) is 14.5. The fraction of sp³-hybridized carbons (Fsp3) is 0.381. The summed E-state index contributed by atoms with van der Waals surface area (Å²) in [5.41, 5.74) is 5.01. The van der Waals surface area contributed by atoms with Crippen LogP contribution in [0.1, 0.15) is 46.8 Å². The number of hydrogen-bond acceptors (Lipinski definition) is 6. The van der Waals surface area contributed by atoms with E-state index in [9.17, 15) is 14.7 Å². The van der Waals surface area contributed by atoms with Gasteiger partial charge in [-0.1, -0.05) is 73.7 Å². The molecule has 0 aliphatic carbocycles. The van der Waals surface area contributed by atoms with Gasteiger partial charge in [0.05, 0.1) is 53.6 Å². The van der Waals surface area contributed by atoms with Gasteiger partial charge in [0.2, 0.25) is 5.91 Å². The summed E-state index contributed by atoms with van der Waals surface area (Å²) >= 11 is 0. The molecule has 0 bridgehead atoms. The van der Waals surface area contributed by atoms with Gasteiger partial charge in [-0.25, -0.2) is 0 Å². The molecule has 0 saturated carbocycles. The monoisotopic (exact) mass is 706 g/mol. The molecule has 0 unspecified atom stereocenters. The normalized spacial score (nSPS) is 21.5. The number of aryl methyl sites for hydroxylation is 1. The van der Waals surface area contributed by atoms with Gasteiger partial charge in [0.1, 0.15) is 11.5 Å². The number of hydrogen-bond donors (Lipinski definition) is 2. The highest BCUT2D eigenvalue weighted by Crippen LogP contribution is 2.47. The summed E-state index contributed by atoms with van der Waals surface area (Å²) in [4.78, 5) is 28.8. The molecule has 2 heterocycles. The van der Waals surface area contributed by atoms with Crippen LogP contribution in [-0.2, 0) is 28.9 Å². The van der Waals surface area contributed by atoms with E-state index >= 15 is 0 Å². The van der Waals surface area contributed by atoms with Gasteiger partial charge in [0.25, 0.3) is 5.91 Å². The van der Waals surface area contributed by atoms with Crippen LogP contribution in [0.25, 0.3) is 0 Å². The molecule has 5 atom stereocenters. The van der Waals surface area contributed by atoms with E-state index in [4.69, 9.17) is 14.2 Å². The van der Waals surface area contributed by atoms with Crippen LogP contribution in [0.5, 0.6) is 11.5 Å². The van der Waals surface area contributed by atoms with Gasteiger partial charge >= 0.3 is 0 Å². The number of nitrogens with zero attached hydrogens (tertiary/aromatic N) is 1. The van der Waals surface area contributed by atoms with Crippen molar-refractivity contribution < 1.29 is 28.9 Å². The third-order valence-corrected chi connectivity index (χ3v) is 15.5. The van der Waals surface area contributed by atoms with Crippen molar-refractivity contribution in [3.63, 3.8) is 0 Å². The van der Waals surface area contributed by atoms with Crippen LogP contribution >= 0.6 is 0 Å². The molecule has 0 aromatic heterocycles. The molecule has 2 aliphatic rings. The molecule has 6 rings (SSSR count). The molecule has 0 radical (unpaired) electrons. The molecule has 8 nitrogen and oxygen atoms in total. The maximum atomic E-state index is 14.1. The Morgan fingerprint density at radius 3 is 2.12 bits per heavy atom. The maximum Gasteiger partial charge on any atom is 0.255 e. The highest BCUT2D eigenvalue weighted by molar-refractivity contribution is 6.91. The first kappa shape index (κ1) is 36.4. The molecule has 0 spiro atoms. The van der Waals surface area contributed by atoms with E-state index in [1.807, 2.05) is 41.3 Å². The number of amides is 2. The van der Waals surface area contributed by atoms with Crippen LogP contribution < -0.4 is 20.0 Å². The Labute approximate surface area is 302 Å². The van der Waals surface area contributed by atoms with Crippen molar-refractivity contribution in [1.82, 2.24) is 4.90 Å². The van der Waals surface area contributed by atoms with Crippen molar-refractivity contribution in [3.05, 3.63) is 119 Å². The average molecular weight is 707 g/mol. The Bertz CT molecular complexity index is 1790. The summed E-state index contributed by atoms with van der Waals surface area (Å²) < 4.78 is 17.6. The summed E-state index contributed by atoms with van der Waals surface area (Å²) in [6, 6.07) is 31.4. The van der Waals surface area contributed by atoms with Gasteiger partial charge in [-0.05, 0) is 95.9 Å². The molecule has 2 amide bonds. The molecule has 9 heteroatoms. The second kappa shape index (κ2) is 15.8. The number of anilines is 1. The van der Waals surface area contributed by atoms with E-state index in [1.165, 1.54) is 10.8 Å². The maximum absolute atomic E-state index is 14.1. The number of benzene rings is 4. The van der Waals surface area contributed by atoms with E-state index in [-0.39, 0.29) is 48.1 Å². The zero-order valence-electron chi connectivity index (χ0n) is 30.3. The molecule has 2 N–H and O–H groups in total. The van der Waals surface area contributed by atoms with Crippen molar-refractivity contribution >= 4 is 30.8 Å². The number of aliphatic hydroxyl groups is 1. The van der Waals surface area contributed by atoms with Crippen LogP contribution in [0.15, 0.2) is 97.1 Å². The number of methoxy groups -OCH3 is 2. The predicted molar refractivity (Wildman–Crippen MR) is 204 cm³/mol. The van der Waals surface area contributed by atoms with E-state index in [0.717, 1.165) is 35.4 Å². The average Bonchev–Trinajstić information content (AvgIpc) is 3.48. The van der Waals surface area contributed by atoms with Gasteiger partial charge in [0, 0.05) is 17.8 Å². The predicted octanol–water partition coefficient (Wildman–Crippen LogP) is 6.61. The lowest BCUT2D eigenvalue weighted by atomic mass is 9.93. The smallest absolute Gasteiger partial charge is 0.255 e. The number of carbonyl (C=O) groups excluding carboxylic acids is 2. The summed E-state index contributed by atoms with van der Waals surface area (Å²) in [7, 11) is 1.12. The van der Waals surface area contributed by atoms with E-state index < -0.39 is 8.07 Å². The Morgan fingerprint density at radius 1 is 0.863 bits per heavy atom. The number of fused-ring (bicyclic) bond motifs is 1. The largest absolute Gasteiger partial charge is 0.497 e. The Kier molecular flexibility index (Phi) is 11.3. The first-order valence-electron chi connectivity index (χ1n) is 17.9. The van der Waals surface area contributed by atoms with Crippen LogP contribution in [0.2, 0.25) is 18.6 Å². The van der Waals surface area contributed by atoms with E-state index in [2.05, 4.69) is 61.7 Å². The quantitative estimate of drug-likeness (QED) is 0.161. The number of rotatable bonds is 12. The molecule has 1 saturated heterocycles. The first-order chi connectivity index (χ1) is 24.6. The van der Waals surface area contributed by atoms with Crippen molar-refractivity contribution in [2.45, 2.75) is 76.0 Å². The van der Waals surface area contributed by atoms with Crippen LogP contribution in [0.4, 0.5) is 5.69 Å². The van der Waals surface area contributed by atoms with Gasteiger partial charge in [-0.3, -0.25) is 9.59 Å². The molecule has 2 aliphatic heterocycles. The van der Waals surface area contributed by atoms with Gasteiger partial charge in [0.15, 0.2) is 0 Å². The fourth-order valence-corrected chi connectivity index (χ4v) is 12.3. The highest BCUT2D eigenvalue weighted by atomic mass is 28.3. The topological polar surface area (TPSA) is 97.3 Å². The second-order valence-corrected chi connectivity index (χ2v) is 19.2. The zero-order valence-corrected chi connectivity index (χ0v) is 31.3. The fourth-order valence-electron chi connectivity index (χ4n) is 8.19. The lowest BCUT2D eigenvalue weighted by molar-refractivity contribution is -0.138. The van der Waals surface area contributed by atoms with Gasteiger partial charge in [-0.2, -0.15) is 0 Å². The molecule has 1 fully saturated rings.